The van der Waals surface area contributed by atoms with Gasteiger partial charge in [0.15, 0.2) is 0 Å². The van der Waals surface area contributed by atoms with Gasteiger partial charge in [0.2, 0.25) is 5.91 Å². The average molecular weight is 301 g/mol. The average Bonchev–Trinajstić information content (AvgIpc) is 2.45. The standard InChI is InChI=1S/C16H31NO4/c1-3-5-7-9-11-17(12-10-8-6-4-2)15(18)13-21-14-16(19)20/h3-14H2,1-2H3,(H,19,20). The van der Waals surface area contributed by atoms with Crippen LogP contribution in [0.25, 0.3) is 0 Å². The Morgan fingerprint density at radius 2 is 1.38 bits per heavy atom. The van der Waals surface area contributed by atoms with E-state index in [0.717, 1.165) is 38.8 Å². The van der Waals surface area contributed by atoms with Crippen LogP contribution in [0.4, 0.5) is 0 Å². The second-order valence-electron chi connectivity index (χ2n) is 5.39. The van der Waals surface area contributed by atoms with Gasteiger partial charge in [0.25, 0.3) is 0 Å². The number of ether oxygens (including phenoxy) is 1. The molecule has 0 aliphatic rings. The zero-order valence-electron chi connectivity index (χ0n) is 13.6. The Bertz CT molecular complexity index is 269. The number of nitrogens with zero attached hydrogens (tertiary/aromatic N) is 1. The first-order valence-electron chi connectivity index (χ1n) is 8.19. The minimum absolute atomic E-state index is 0.0933. The summed E-state index contributed by atoms with van der Waals surface area (Å²) in [6.45, 7) is 5.28. The van der Waals surface area contributed by atoms with Crippen molar-refractivity contribution in [1.29, 1.82) is 0 Å². The molecule has 0 unspecified atom stereocenters. The van der Waals surface area contributed by atoms with Crippen molar-refractivity contribution in [2.75, 3.05) is 26.3 Å². The molecule has 5 heteroatoms. The lowest BCUT2D eigenvalue weighted by Gasteiger charge is -2.22. The topological polar surface area (TPSA) is 66.8 Å². The largest absolute Gasteiger partial charge is 0.480 e. The smallest absolute Gasteiger partial charge is 0.329 e. The van der Waals surface area contributed by atoms with Crippen LogP contribution >= 0.6 is 0 Å². The number of amides is 1. The van der Waals surface area contributed by atoms with E-state index in [1.165, 1.54) is 25.7 Å². The predicted octanol–water partition coefficient (Wildman–Crippen LogP) is 3.08. The molecule has 0 atom stereocenters. The first-order valence-corrected chi connectivity index (χ1v) is 8.19. The molecule has 0 saturated heterocycles. The molecule has 0 aromatic carbocycles. The summed E-state index contributed by atoms with van der Waals surface area (Å²) in [4.78, 5) is 24.3. The second kappa shape index (κ2) is 13.9. The minimum Gasteiger partial charge on any atom is -0.480 e. The molecule has 0 fully saturated rings. The third kappa shape index (κ3) is 12.4. The zero-order valence-corrected chi connectivity index (χ0v) is 13.6. The van der Waals surface area contributed by atoms with E-state index in [-0.39, 0.29) is 12.5 Å². The van der Waals surface area contributed by atoms with E-state index < -0.39 is 12.6 Å². The van der Waals surface area contributed by atoms with Crippen LogP contribution in [0.1, 0.15) is 65.2 Å². The Labute approximate surface area is 128 Å². The van der Waals surface area contributed by atoms with Gasteiger partial charge in [-0.1, -0.05) is 52.4 Å². The van der Waals surface area contributed by atoms with Crippen molar-refractivity contribution in [3.8, 4) is 0 Å². The van der Waals surface area contributed by atoms with Gasteiger partial charge >= 0.3 is 5.97 Å². The second-order valence-corrected chi connectivity index (χ2v) is 5.39. The van der Waals surface area contributed by atoms with Crippen LogP contribution in [-0.4, -0.2) is 48.2 Å². The lowest BCUT2D eigenvalue weighted by molar-refractivity contribution is -0.145. The van der Waals surface area contributed by atoms with Crippen LogP contribution in [0.3, 0.4) is 0 Å². The van der Waals surface area contributed by atoms with E-state index >= 15 is 0 Å². The monoisotopic (exact) mass is 301 g/mol. The van der Waals surface area contributed by atoms with Gasteiger partial charge in [-0.3, -0.25) is 4.79 Å². The summed E-state index contributed by atoms with van der Waals surface area (Å²) < 4.78 is 4.90. The zero-order chi connectivity index (χ0) is 15.9. The number of carbonyl (C=O) groups is 2. The predicted molar refractivity (Wildman–Crippen MR) is 83.3 cm³/mol. The maximum atomic E-state index is 12.1. The summed E-state index contributed by atoms with van der Waals surface area (Å²) >= 11 is 0. The summed E-state index contributed by atoms with van der Waals surface area (Å²) in [5.41, 5.74) is 0. The Morgan fingerprint density at radius 3 is 1.81 bits per heavy atom. The lowest BCUT2D eigenvalue weighted by Crippen LogP contribution is -2.36. The fraction of sp³-hybridized carbons (Fsp3) is 0.875. The van der Waals surface area contributed by atoms with Gasteiger partial charge in [0, 0.05) is 13.1 Å². The fourth-order valence-corrected chi connectivity index (χ4v) is 2.14. The first-order chi connectivity index (χ1) is 10.1. The number of rotatable bonds is 14. The molecule has 0 spiro atoms. The van der Waals surface area contributed by atoms with Crippen molar-refractivity contribution >= 4 is 11.9 Å². The highest BCUT2D eigenvalue weighted by atomic mass is 16.5. The summed E-state index contributed by atoms with van der Waals surface area (Å²) in [7, 11) is 0. The van der Waals surface area contributed by atoms with Crippen molar-refractivity contribution in [2.24, 2.45) is 0 Å². The Kier molecular flexibility index (Phi) is 13.1. The molecule has 0 aliphatic heterocycles. The van der Waals surface area contributed by atoms with Crippen molar-refractivity contribution in [1.82, 2.24) is 4.90 Å². The number of aliphatic carboxylic acids is 1. The van der Waals surface area contributed by atoms with Crippen molar-refractivity contribution < 1.29 is 19.4 Å². The van der Waals surface area contributed by atoms with Crippen LogP contribution < -0.4 is 0 Å². The molecule has 0 aliphatic carbocycles. The van der Waals surface area contributed by atoms with Crippen LogP contribution in [0.15, 0.2) is 0 Å². The van der Waals surface area contributed by atoms with Crippen LogP contribution in [0.5, 0.6) is 0 Å². The van der Waals surface area contributed by atoms with Gasteiger partial charge in [-0.2, -0.15) is 0 Å². The summed E-state index contributed by atoms with van der Waals surface area (Å²) in [6.07, 6.45) is 8.99. The maximum absolute atomic E-state index is 12.1. The molecule has 0 heterocycles. The quantitative estimate of drug-likeness (QED) is 0.501. The Hall–Kier alpha value is -1.10. The molecule has 0 bridgehead atoms. The van der Waals surface area contributed by atoms with Crippen molar-refractivity contribution in [3.05, 3.63) is 0 Å². The summed E-state index contributed by atoms with van der Waals surface area (Å²) in [5.74, 6) is -1.13. The van der Waals surface area contributed by atoms with E-state index in [9.17, 15) is 9.59 Å². The van der Waals surface area contributed by atoms with Crippen LogP contribution in [0, 0.1) is 0 Å². The number of carbonyl (C=O) groups excluding carboxylic acids is 1. The van der Waals surface area contributed by atoms with E-state index in [0.29, 0.717) is 0 Å². The van der Waals surface area contributed by atoms with Gasteiger partial charge in [-0.05, 0) is 12.8 Å². The number of hydrogen-bond acceptors (Lipinski definition) is 3. The molecule has 5 nitrogen and oxygen atoms in total. The van der Waals surface area contributed by atoms with Gasteiger partial charge in [0.05, 0.1) is 0 Å². The molecular weight excluding hydrogens is 270 g/mol. The van der Waals surface area contributed by atoms with Crippen LogP contribution in [-0.2, 0) is 14.3 Å². The molecule has 0 radical (unpaired) electrons. The normalized spacial score (nSPS) is 10.6. The SMILES string of the molecule is CCCCCCN(CCCCCC)C(=O)COCC(=O)O. The van der Waals surface area contributed by atoms with E-state index in [2.05, 4.69) is 13.8 Å². The number of carboxylic acid groups (broad SMARTS) is 1. The maximum Gasteiger partial charge on any atom is 0.329 e. The number of hydrogen-bond donors (Lipinski definition) is 1. The van der Waals surface area contributed by atoms with Crippen molar-refractivity contribution in [3.63, 3.8) is 0 Å². The molecule has 1 amide bonds. The molecule has 1 N–H and O–H groups in total. The van der Waals surface area contributed by atoms with E-state index in [4.69, 9.17) is 9.84 Å². The molecule has 0 aromatic rings. The highest BCUT2D eigenvalue weighted by Crippen LogP contribution is 2.06. The molecular formula is C16H31NO4. The highest BCUT2D eigenvalue weighted by Gasteiger charge is 2.13. The van der Waals surface area contributed by atoms with Crippen molar-refractivity contribution in [2.45, 2.75) is 65.2 Å². The Balaban J connectivity index is 4.07. The molecule has 0 rings (SSSR count). The molecule has 0 aromatic heterocycles. The van der Waals surface area contributed by atoms with Gasteiger partial charge in [-0.15, -0.1) is 0 Å². The first kappa shape index (κ1) is 19.9. The summed E-state index contributed by atoms with van der Waals surface area (Å²) in [5, 5.41) is 8.52. The molecule has 21 heavy (non-hydrogen) atoms. The highest BCUT2D eigenvalue weighted by molar-refractivity contribution is 5.78. The lowest BCUT2D eigenvalue weighted by atomic mass is 10.1. The van der Waals surface area contributed by atoms with Gasteiger partial charge < -0.3 is 14.7 Å². The third-order valence-electron chi connectivity index (χ3n) is 3.37. The van der Waals surface area contributed by atoms with Crippen LogP contribution in [0.2, 0.25) is 0 Å². The van der Waals surface area contributed by atoms with E-state index in [1.807, 2.05) is 4.90 Å². The number of carboxylic acids is 1. The third-order valence-corrected chi connectivity index (χ3v) is 3.37. The minimum atomic E-state index is -1.04. The van der Waals surface area contributed by atoms with E-state index in [1.54, 1.807) is 0 Å². The van der Waals surface area contributed by atoms with Gasteiger partial charge in [-0.25, -0.2) is 4.79 Å². The Morgan fingerprint density at radius 1 is 0.857 bits per heavy atom. The molecule has 124 valence electrons. The molecule has 0 saturated carbocycles. The number of unbranched alkanes of at least 4 members (excludes halogenated alkanes) is 6. The van der Waals surface area contributed by atoms with Gasteiger partial charge in [0.1, 0.15) is 13.2 Å². The fourth-order valence-electron chi connectivity index (χ4n) is 2.14. The summed E-state index contributed by atoms with van der Waals surface area (Å²) in [6, 6.07) is 0.